The Morgan fingerprint density at radius 2 is 1.74 bits per heavy atom. The van der Waals surface area contributed by atoms with E-state index in [0.717, 1.165) is 31.7 Å². The number of benzene rings is 2. The van der Waals surface area contributed by atoms with Crippen molar-refractivity contribution in [1.82, 2.24) is 9.80 Å². The molecule has 1 aliphatic rings. The second-order valence-electron chi connectivity index (χ2n) is 7.36. The summed E-state index contributed by atoms with van der Waals surface area (Å²) < 4.78 is 24.4. The summed E-state index contributed by atoms with van der Waals surface area (Å²) in [5.74, 6) is 0.892. The van der Waals surface area contributed by atoms with Gasteiger partial charge in [-0.2, -0.15) is 0 Å². The normalized spacial score (nSPS) is 15.0. The third kappa shape index (κ3) is 6.82. The Labute approximate surface area is 187 Å². The van der Waals surface area contributed by atoms with Crippen molar-refractivity contribution in [3.05, 3.63) is 52.8 Å². The Hall–Kier alpha value is -2.35. The van der Waals surface area contributed by atoms with Gasteiger partial charge in [-0.3, -0.25) is 14.6 Å². The van der Waals surface area contributed by atoms with Crippen molar-refractivity contribution in [3.8, 4) is 11.5 Å². The maximum atomic E-state index is 13.2. The fourth-order valence-electron chi connectivity index (χ4n) is 3.53. The lowest BCUT2D eigenvalue weighted by Gasteiger charge is -2.34. The molecule has 0 atom stereocenters. The van der Waals surface area contributed by atoms with E-state index < -0.39 is 0 Å². The highest BCUT2D eigenvalue weighted by molar-refractivity contribution is 6.31. The molecular formula is C23H29ClFN3O3. The number of hydrogen-bond acceptors (Lipinski definition) is 5. The van der Waals surface area contributed by atoms with Crippen LogP contribution in [-0.4, -0.2) is 61.6 Å². The Bertz CT molecular complexity index is 888. The number of hydrogen-bond donors (Lipinski definition) is 1. The molecule has 0 spiro atoms. The first-order chi connectivity index (χ1) is 15.0. The Balaban J connectivity index is 1.51. The number of rotatable bonds is 9. The number of piperazine rings is 1. The minimum Gasteiger partial charge on any atom is -0.494 e. The highest BCUT2D eigenvalue weighted by atomic mass is 35.5. The smallest absolute Gasteiger partial charge is 0.238 e. The summed E-state index contributed by atoms with van der Waals surface area (Å²) in [7, 11) is 0. The summed E-state index contributed by atoms with van der Waals surface area (Å²) in [6, 6.07) is 9.92. The molecule has 0 aliphatic carbocycles. The lowest BCUT2D eigenvalue weighted by Crippen LogP contribution is -2.48. The zero-order chi connectivity index (χ0) is 22.2. The predicted octanol–water partition coefficient (Wildman–Crippen LogP) is 4.03. The molecule has 0 radical (unpaired) electrons. The van der Waals surface area contributed by atoms with Crippen molar-refractivity contribution >= 4 is 23.2 Å². The fraction of sp³-hybridized carbons (Fsp3) is 0.435. The molecule has 0 saturated carbocycles. The second-order valence-corrected chi connectivity index (χ2v) is 7.77. The Kier molecular flexibility index (Phi) is 8.51. The fourth-order valence-corrected chi connectivity index (χ4v) is 3.76. The number of ether oxygens (including phenoxy) is 2. The molecule has 8 heteroatoms. The Morgan fingerprint density at radius 3 is 2.42 bits per heavy atom. The van der Waals surface area contributed by atoms with Gasteiger partial charge in [0.1, 0.15) is 17.3 Å². The standard InChI is InChI=1S/C23H29ClFN3O3/c1-3-30-19-7-8-22(31-4-2)21(14-19)26-23(29)16-28-11-9-27(10-12-28)15-17-5-6-18(25)13-20(17)24/h5-8,13-14H,3-4,9-12,15-16H2,1-2H3,(H,26,29). The van der Waals surface area contributed by atoms with E-state index in [1.807, 2.05) is 26.0 Å². The summed E-state index contributed by atoms with van der Waals surface area (Å²) in [5.41, 5.74) is 1.52. The lowest BCUT2D eigenvalue weighted by molar-refractivity contribution is -0.117. The van der Waals surface area contributed by atoms with E-state index in [2.05, 4.69) is 15.1 Å². The number of nitrogens with zero attached hydrogens (tertiary/aromatic N) is 2. The molecule has 1 amide bonds. The number of carbonyl (C=O) groups excluding carboxylic acids is 1. The van der Waals surface area contributed by atoms with Gasteiger partial charge >= 0.3 is 0 Å². The van der Waals surface area contributed by atoms with Gasteiger partial charge in [0.15, 0.2) is 0 Å². The van der Waals surface area contributed by atoms with E-state index in [9.17, 15) is 9.18 Å². The van der Waals surface area contributed by atoms with Crippen molar-refractivity contribution in [2.75, 3.05) is 51.3 Å². The maximum absolute atomic E-state index is 13.2. The lowest BCUT2D eigenvalue weighted by atomic mass is 10.2. The molecule has 1 heterocycles. The third-order valence-electron chi connectivity index (χ3n) is 5.08. The molecule has 1 aliphatic heterocycles. The van der Waals surface area contributed by atoms with Crippen LogP contribution in [0.25, 0.3) is 0 Å². The molecule has 1 fully saturated rings. The first-order valence-corrected chi connectivity index (χ1v) is 10.9. The first-order valence-electron chi connectivity index (χ1n) is 10.6. The van der Waals surface area contributed by atoms with E-state index in [1.165, 1.54) is 12.1 Å². The van der Waals surface area contributed by atoms with Gasteiger partial charge in [0.25, 0.3) is 0 Å². The molecule has 2 aromatic carbocycles. The zero-order valence-electron chi connectivity index (χ0n) is 18.0. The number of amides is 1. The van der Waals surface area contributed by atoms with Crippen molar-refractivity contribution < 1.29 is 18.7 Å². The molecule has 6 nitrogen and oxygen atoms in total. The van der Waals surface area contributed by atoms with E-state index in [-0.39, 0.29) is 11.7 Å². The third-order valence-corrected chi connectivity index (χ3v) is 5.43. The van der Waals surface area contributed by atoms with Gasteiger partial charge < -0.3 is 14.8 Å². The quantitative estimate of drug-likeness (QED) is 0.626. The monoisotopic (exact) mass is 449 g/mol. The van der Waals surface area contributed by atoms with Crippen molar-refractivity contribution in [3.63, 3.8) is 0 Å². The van der Waals surface area contributed by atoms with Crippen LogP contribution in [0.15, 0.2) is 36.4 Å². The number of anilines is 1. The summed E-state index contributed by atoms with van der Waals surface area (Å²) in [4.78, 5) is 17.0. The van der Waals surface area contributed by atoms with Crippen LogP contribution in [0.3, 0.4) is 0 Å². The SMILES string of the molecule is CCOc1ccc(OCC)c(NC(=O)CN2CCN(Cc3ccc(F)cc3Cl)CC2)c1. The van der Waals surface area contributed by atoms with Crippen LogP contribution in [-0.2, 0) is 11.3 Å². The van der Waals surface area contributed by atoms with Crippen molar-refractivity contribution in [2.24, 2.45) is 0 Å². The maximum Gasteiger partial charge on any atom is 0.238 e. The van der Waals surface area contributed by atoms with E-state index in [0.29, 0.717) is 48.5 Å². The number of carbonyl (C=O) groups is 1. The van der Waals surface area contributed by atoms with Crippen LogP contribution < -0.4 is 14.8 Å². The number of nitrogens with one attached hydrogen (secondary N) is 1. The largest absolute Gasteiger partial charge is 0.494 e. The van der Waals surface area contributed by atoms with Crippen LogP contribution in [0.2, 0.25) is 5.02 Å². The van der Waals surface area contributed by atoms with Gasteiger partial charge in [-0.25, -0.2) is 4.39 Å². The highest BCUT2D eigenvalue weighted by Gasteiger charge is 2.20. The van der Waals surface area contributed by atoms with Crippen LogP contribution in [0.5, 0.6) is 11.5 Å². The molecule has 2 aromatic rings. The van der Waals surface area contributed by atoms with Gasteiger partial charge in [0.05, 0.1) is 25.4 Å². The van der Waals surface area contributed by atoms with Crippen LogP contribution in [0, 0.1) is 5.82 Å². The average molecular weight is 450 g/mol. The van der Waals surface area contributed by atoms with Gasteiger partial charge in [0.2, 0.25) is 5.91 Å². The molecule has 0 aromatic heterocycles. The topological polar surface area (TPSA) is 54.0 Å². The Morgan fingerprint density at radius 1 is 1.03 bits per heavy atom. The molecule has 0 unspecified atom stereocenters. The summed E-state index contributed by atoms with van der Waals surface area (Å²) >= 11 is 6.14. The van der Waals surface area contributed by atoms with Gasteiger partial charge in [0, 0.05) is 43.8 Å². The van der Waals surface area contributed by atoms with Crippen LogP contribution in [0.1, 0.15) is 19.4 Å². The molecule has 1 N–H and O–H groups in total. The van der Waals surface area contributed by atoms with Crippen molar-refractivity contribution in [1.29, 1.82) is 0 Å². The summed E-state index contributed by atoms with van der Waals surface area (Å²) in [5, 5.41) is 3.40. The summed E-state index contributed by atoms with van der Waals surface area (Å²) in [6.45, 7) is 9.00. The van der Waals surface area contributed by atoms with Crippen LogP contribution in [0.4, 0.5) is 10.1 Å². The molecule has 1 saturated heterocycles. The molecule has 3 rings (SSSR count). The molecular weight excluding hydrogens is 421 g/mol. The highest BCUT2D eigenvalue weighted by Crippen LogP contribution is 2.29. The van der Waals surface area contributed by atoms with E-state index >= 15 is 0 Å². The first kappa shape index (κ1) is 23.3. The van der Waals surface area contributed by atoms with Gasteiger partial charge in [-0.15, -0.1) is 0 Å². The molecule has 0 bridgehead atoms. The van der Waals surface area contributed by atoms with Crippen molar-refractivity contribution in [2.45, 2.75) is 20.4 Å². The van der Waals surface area contributed by atoms with E-state index in [4.69, 9.17) is 21.1 Å². The zero-order valence-corrected chi connectivity index (χ0v) is 18.8. The number of halogens is 2. The van der Waals surface area contributed by atoms with Crippen LogP contribution >= 0.6 is 11.6 Å². The van der Waals surface area contributed by atoms with E-state index in [1.54, 1.807) is 12.1 Å². The second kappa shape index (κ2) is 11.3. The van der Waals surface area contributed by atoms with Gasteiger partial charge in [-0.1, -0.05) is 17.7 Å². The molecule has 168 valence electrons. The minimum atomic E-state index is -0.330. The molecule has 31 heavy (non-hydrogen) atoms. The van der Waals surface area contributed by atoms with Gasteiger partial charge in [-0.05, 0) is 43.7 Å². The minimum absolute atomic E-state index is 0.0929. The summed E-state index contributed by atoms with van der Waals surface area (Å²) in [6.07, 6.45) is 0. The average Bonchev–Trinajstić information content (AvgIpc) is 2.73. The predicted molar refractivity (Wildman–Crippen MR) is 121 cm³/mol.